The van der Waals surface area contributed by atoms with Crippen LogP contribution >= 0.6 is 15.9 Å². The van der Waals surface area contributed by atoms with Crippen LogP contribution in [-0.4, -0.2) is 16.2 Å². The number of urea groups is 1. The minimum Gasteiger partial charge on any atom is -0.444 e. The molecule has 2 heterocycles. The number of furan rings is 1. The maximum atomic E-state index is 11.8. The van der Waals surface area contributed by atoms with Crippen LogP contribution in [0, 0.1) is 0 Å². The van der Waals surface area contributed by atoms with Gasteiger partial charge in [-0.25, -0.2) is 4.79 Å². The van der Waals surface area contributed by atoms with Crippen LogP contribution in [0.25, 0.3) is 11.7 Å². The van der Waals surface area contributed by atoms with Gasteiger partial charge in [0.2, 0.25) is 0 Å². The zero-order valence-corrected chi connectivity index (χ0v) is 12.8. The van der Waals surface area contributed by atoms with Crippen molar-refractivity contribution >= 4 is 28.0 Å². The van der Waals surface area contributed by atoms with Crippen LogP contribution in [0.3, 0.4) is 0 Å². The molecule has 0 aliphatic rings. The number of rotatable bonds is 4. The predicted molar refractivity (Wildman–Crippen MR) is 82.0 cm³/mol. The molecule has 0 aliphatic carbocycles. The first kappa shape index (κ1) is 14.3. The van der Waals surface area contributed by atoms with Gasteiger partial charge in [-0.2, -0.15) is 0 Å². The molecule has 2 aromatic heterocycles. The molecule has 0 fully saturated rings. The Morgan fingerprint density at radius 3 is 2.64 bits per heavy atom. The first-order valence-corrected chi connectivity index (χ1v) is 7.18. The van der Waals surface area contributed by atoms with Crippen molar-refractivity contribution in [2.75, 3.05) is 5.32 Å². The highest BCUT2D eigenvalue weighted by Crippen LogP contribution is 2.24. The minimum absolute atomic E-state index is 0.00640. The quantitative estimate of drug-likeness (QED) is 0.741. The maximum absolute atomic E-state index is 11.8. The molecule has 112 valence electrons. The van der Waals surface area contributed by atoms with Crippen LogP contribution in [0.2, 0.25) is 0 Å². The number of nitrogens with zero attached hydrogens (tertiary/aromatic N) is 2. The van der Waals surface area contributed by atoms with Crippen LogP contribution in [-0.2, 0) is 6.54 Å². The lowest BCUT2D eigenvalue weighted by atomic mass is 10.2. The van der Waals surface area contributed by atoms with Gasteiger partial charge < -0.3 is 14.2 Å². The third-order valence-electron chi connectivity index (χ3n) is 2.73. The Kier molecular flexibility index (Phi) is 4.19. The summed E-state index contributed by atoms with van der Waals surface area (Å²) >= 11 is 3.18. The lowest BCUT2D eigenvalue weighted by Crippen LogP contribution is -2.28. The molecule has 3 rings (SSSR count). The Morgan fingerprint density at radius 2 is 1.91 bits per heavy atom. The van der Waals surface area contributed by atoms with Crippen molar-refractivity contribution in [1.82, 2.24) is 15.5 Å². The van der Waals surface area contributed by atoms with Crippen LogP contribution < -0.4 is 10.6 Å². The van der Waals surface area contributed by atoms with Crippen LogP contribution in [0.15, 0.2) is 56.0 Å². The van der Waals surface area contributed by atoms with E-state index in [1.807, 2.05) is 30.3 Å². The SMILES string of the molecule is O=C(NCc1ccccc1)Nc1nnc(-c2ccc(Br)o2)o1. The molecule has 0 unspecified atom stereocenters. The van der Waals surface area contributed by atoms with Crippen molar-refractivity contribution in [2.45, 2.75) is 6.54 Å². The van der Waals surface area contributed by atoms with E-state index in [1.54, 1.807) is 12.1 Å². The number of nitrogens with one attached hydrogen (secondary N) is 2. The lowest BCUT2D eigenvalue weighted by molar-refractivity contribution is 0.251. The number of hydrogen-bond donors (Lipinski definition) is 2. The fourth-order valence-corrected chi connectivity index (χ4v) is 2.03. The molecule has 8 heteroatoms. The van der Waals surface area contributed by atoms with E-state index in [9.17, 15) is 4.79 Å². The van der Waals surface area contributed by atoms with E-state index in [0.29, 0.717) is 17.0 Å². The summed E-state index contributed by atoms with van der Waals surface area (Å²) in [6.45, 7) is 0.402. The first-order valence-electron chi connectivity index (χ1n) is 6.39. The molecular weight excluding hydrogens is 352 g/mol. The fourth-order valence-electron chi connectivity index (χ4n) is 1.72. The molecule has 0 atom stereocenters. The van der Waals surface area contributed by atoms with E-state index >= 15 is 0 Å². The van der Waals surface area contributed by atoms with Gasteiger partial charge in [0, 0.05) is 6.54 Å². The van der Waals surface area contributed by atoms with Gasteiger partial charge in [0.05, 0.1) is 0 Å². The van der Waals surface area contributed by atoms with Gasteiger partial charge in [-0.05, 0) is 33.6 Å². The second kappa shape index (κ2) is 6.44. The minimum atomic E-state index is -0.431. The predicted octanol–water partition coefficient (Wildman–Crippen LogP) is 3.41. The first-order chi connectivity index (χ1) is 10.7. The van der Waals surface area contributed by atoms with Gasteiger partial charge in [0.1, 0.15) is 0 Å². The lowest BCUT2D eigenvalue weighted by Gasteiger charge is -2.04. The summed E-state index contributed by atoms with van der Waals surface area (Å²) in [6, 6.07) is 12.5. The molecule has 0 spiro atoms. The van der Waals surface area contributed by atoms with E-state index in [1.165, 1.54) is 0 Å². The van der Waals surface area contributed by atoms with E-state index in [4.69, 9.17) is 8.83 Å². The number of benzene rings is 1. The Balaban J connectivity index is 1.57. The van der Waals surface area contributed by atoms with Gasteiger partial charge in [-0.3, -0.25) is 5.32 Å². The molecule has 2 amide bonds. The average Bonchev–Trinajstić information content (AvgIpc) is 3.15. The van der Waals surface area contributed by atoms with Gasteiger partial charge in [-0.1, -0.05) is 35.4 Å². The molecular formula is C14H11BrN4O3. The van der Waals surface area contributed by atoms with Crippen molar-refractivity contribution in [3.05, 3.63) is 52.7 Å². The Labute approximate surface area is 133 Å². The summed E-state index contributed by atoms with van der Waals surface area (Å²) in [5, 5.41) is 12.7. The third kappa shape index (κ3) is 3.53. The van der Waals surface area contributed by atoms with Gasteiger partial charge >= 0.3 is 12.0 Å². The monoisotopic (exact) mass is 362 g/mol. The van der Waals surface area contributed by atoms with Crippen molar-refractivity contribution in [3.8, 4) is 11.7 Å². The van der Waals surface area contributed by atoms with Gasteiger partial charge in [0.15, 0.2) is 10.4 Å². The number of halogens is 1. The van der Waals surface area contributed by atoms with Crippen molar-refractivity contribution < 1.29 is 13.6 Å². The molecule has 3 aromatic rings. The molecule has 0 aliphatic heterocycles. The summed E-state index contributed by atoms with van der Waals surface area (Å²) in [7, 11) is 0. The van der Waals surface area contributed by atoms with Crippen LogP contribution in [0.4, 0.5) is 10.8 Å². The molecule has 0 saturated carbocycles. The average molecular weight is 363 g/mol. The Bertz CT molecular complexity index is 769. The topological polar surface area (TPSA) is 93.2 Å². The zero-order chi connectivity index (χ0) is 15.4. The number of amides is 2. The summed E-state index contributed by atoms with van der Waals surface area (Å²) < 4.78 is 11.1. The van der Waals surface area contributed by atoms with E-state index in [-0.39, 0.29) is 11.9 Å². The smallest absolute Gasteiger partial charge is 0.324 e. The van der Waals surface area contributed by atoms with Crippen molar-refractivity contribution in [2.24, 2.45) is 0 Å². The van der Waals surface area contributed by atoms with E-state index in [2.05, 4.69) is 36.8 Å². The second-order valence-electron chi connectivity index (χ2n) is 4.31. The summed E-state index contributed by atoms with van der Waals surface area (Å²) in [4.78, 5) is 11.8. The number of hydrogen-bond acceptors (Lipinski definition) is 5. The highest BCUT2D eigenvalue weighted by Gasteiger charge is 2.13. The molecule has 0 saturated heterocycles. The summed E-state index contributed by atoms with van der Waals surface area (Å²) in [5.74, 6) is 0.598. The fraction of sp³-hybridized carbons (Fsp3) is 0.0714. The molecule has 22 heavy (non-hydrogen) atoms. The zero-order valence-electron chi connectivity index (χ0n) is 11.2. The highest BCUT2D eigenvalue weighted by molar-refractivity contribution is 9.10. The standard InChI is InChI=1S/C14H11BrN4O3/c15-11-7-6-10(21-11)12-18-19-14(22-12)17-13(20)16-8-9-4-2-1-3-5-9/h1-7H,8H2,(H2,16,17,19,20). The Hall–Kier alpha value is -2.61. The van der Waals surface area contributed by atoms with Crippen LogP contribution in [0.1, 0.15) is 5.56 Å². The molecule has 0 bridgehead atoms. The normalized spacial score (nSPS) is 10.4. The van der Waals surface area contributed by atoms with E-state index in [0.717, 1.165) is 5.56 Å². The van der Waals surface area contributed by atoms with E-state index < -0.39 is 6.03 Å². The van der Waals surface area contributed by atoms with Gasteiger partial charge in [-0.15, -0.1) is 5.10 Å². The molecule has 7 nitrogen and oxygen atoms in total. The molecule has 0 radical (unpaired) electrons. The Morgan fingerprint density at radius 1 is 1.09 bits per heavy atom. The third-order valence-corrected chi connectivity index (χ3v) is 3.15. The van der Waals surface area contributed by atoms with Crippen LogP contribution in [0.5, 0.6) is 0 Å². The number of carbonyl (C=O) groups is 1. The number of anilines is 1. The number of aromatic nitrogens is 2. The van der Waals surface area contributed by atoms with Crippen molar-refractivity contribution in [3.63, 3.8) is 0 Å². The molecule has 1 aromatic carbocycles. The van der Waals surface area contributed by atoms with Crippen molar-refractivity contribution in [1.29, 1.82) is 0 Å². The second-order valence-corrected chi connectivity index (χ2v) is 5.09. The maximum Gasteiger partial charge on any atom is 0.324 e. The summed E-state index contributed by atoms with van der Waals surface area (Å²) in [6.07, 6.45) is 0. The highest BCUT2D eigenvalue weighted by atomic mass is 79.9. The van der Waals surface area contributed by atoms with Gasteiger partial charge in [0.25, 0.3) is 5.89 Å². The largest absolute Gasteiger partial charge is 0.444 e. The molecule has 2 N–H and O–H groups in total. The number of carbonyl (C=O) groups excluding carboxylic acids is 1. The summed E-state index contributed by atoms with van der Waals surface area (Å²) in [5.41, 5.74) is 0.990.